The maximum absolute atomic E-state index is 8.81. The van der Waals surface area contributed by atoms with Gasteiger partial charge < -0.3 is 10.5 Å². The summed E-state index contributed by atoms with van der Waals surface area (Å²) in [5, 5.41) is 0. The molecule has 0 radical (unpaired) electrons. The van der Waals surface area contributed by atoms with Gasteiger partial charge in [0, 0.05) is 5.54 Å². The smallest absolute Gasteiger partial charge is 0.116 e. The molecular weight excluding hydrogens is 210 g/mol. The summed E-state index contributed by atoms with van der Waals surface area (Å²) < 4.78 is 0. The Morgan fingerprint density at radius 3 is 1.71 bits per heavy atom. The molecule has 0 saturated carbocycles. The lowest BCUT2D eigenvalue weighted by atomic mass is 9.95. The molecule has 1 aromatic rings. The highest BCUT2D eigenvalue weighted by Gasteiger charge is 2.12. The molecule has 1 aromatic carbocycles. The molecule has 0 fully saturated rings. The highest BCUT2D eigenvalue weighted by molar-refractivity contribution is 5.44. The predicted molar refractivity (Wildman–Crippen MR) is 76.0 cm³/mol. The Kier molecular flexibility index (Phi) is 10.3. The first kappa shape index (κ1) is 18.0. The molecule has 17 heavy (non-hydrogen) atoms. The molecule has 96 valence electrons. The minimum absolute atomic E-state index is 0.215. The van der Waals surface area contributed by atoms with Crippen molar-refractivity contribution in [3.8, 4) is 0 Å². The zero-order valence-electron chi connectivity index (χ0n) is 11.7. The summed E-state index contributed by atoms with van der Waals surface area (Å²) in [5.41, 5.74) is 8.15. The number of carbonyl (C=O) groups excluding carboxylic acids is 1. The molecule has 1 rings (SSSR count). The van der Waals surface area contributed by atoms with Crippen molar-refractivity contribution in [2.24, 2.45) is 5.73 Å². The van der Waals surface area contributed by atoms with Crippen molar-refractivity contribution >= 4 is 6.29 Å². The normalized spacial score (nSPS) is 9.06. The number of hydrogen-bond acceptors (Lipinski definition) is 2. The molecule has 0 aromatic heterocycles. The Bertz CT molecular complexity index is 301. The van der Waals surface area contributed by atoms with Gasteiger partial charge in [-0.1, -0.05) is 35.9 Å². The average Bonchev–Trinajstić information content (AvgIpc) is 2.19. The van der Waals surface area contributed by atoms with Crippen LogP contribution < -0.4 is 5.73 Å². The van der Waals surface area contributed by atoms with Gasteiger partial charge in [-0.3, -0.25) is 0 Å². The summed E-state index contributed by atoms with van der Waals surface area (Å²) in [6, 6.07) is 8.33. The first-order valence-electron chi connectivity index (χ1n) is 5.66. The van der Waals surface area contributed by atoms with Gasteiger partial charge in [0.1, 0.15) is 6.29 Å². The van der Waals surface area contributed by atoms with Crippen LogP contribution in [-0.4, -0.2) is 6.29 Å². The van der Waals surface area contributed by atoms with Gasteiger partial charge in [-0.25, -0.2) is 0 Å². The van der Waals surface area contributed by atoms with E-state index in [1.807, 2.05) is 20.8 Å². The molecule has 0 bridgehead atoms. The Morgan fingerprint density at radius 1 is 1.18 bits per heavy atom. The lowest BCUT2D eigenvalue weighted by molar-refractivity contribution is -0.106. The topological polar surface area (TPSA) is 43.1 Å². The Hall–Kier alpha value is -1.41. The Balaban J connectivity index is 0. The number of rotatable bonds is 1. The first-order valence-corrected chi connectivity index (χ1v) is 5.66. The van der Waals surface area contributed by atoms with Crippen LogP contribution in [-0.2, 0) is 10.3 Å². The molecule has 0 aliphatic heterocycles. The van der Waals surface area contributed by atoms with E-state index in [0.29, 0.717) is 0 Å². The van der Waals surface area contributed by atoms with E-state index >= 15 is 0 Å². The van der Waals surface area contributed by atoms with E-state index in [1.165, 1.54) is 18.1 Å². The summed E-state index contributed by atoms with van der Waals surface area (Å²) in [5.74, 6) is 0. The van der Waals surface area contributed by atoms with E-state index in [2.05, 4.69) is 37.8 Å². The zero-order chi connectivity index (χ0) is 13.9. The van der Waals surface area contributed by atoms with Gasteiger partial charge in [0.15, 0.2) is 0 Å². The summed E-state index contributed by atoms with van der Waals surface area (Å²) in [4.78, 5) is 8.81. The van der Waals surface area contributed by atoms with Crippen LogP contribution >= 0.6 is 0 Å². The third-order valence-electron chi connectivity index (χ3n) is 1.80. The standard InChI is InChI=1S/C10H15N.C3H6.C2H4O/c1-8-4-6-9(7-5-8)10(2,3)11;1-3-2;1-2-3/h4-7H,11H2,1-3H3;3H,1H2,2H3;2H,1H3. The molecule has 0 atom stereocenters. The minimum atomic E-state index is -0.215. The second-order valence-electron chi connectivity index (χ2n) is 4.23. The van der Waals surface area contributed by atoms with Crippen molar-refractivity contribution in [1.82, 2.24) is 0 Å². The van der Waals surface area contributed by atoms with Crippen LogP contribution in [0.1, 0.15) is 38.8 Å². The molecule has 2 heteroatoms. The summed E-state index contributed by atoms with van der Waals surface area (Å²) >= 11 is 0. The number of aldehydes is 1. The first-order chi connectivity index (χ1) is 7.83. The van der Waals surface area contributed by atoms with Gasteiger partial charge in [-0.2, -0.15) is 0 Å². The fourth-order valence-electron chi connectivity index (χ4n) is 0.983. The highest BCUT2D eigenvalue weighted by Crippen LogP contribution is 2.16. The van der Waals surface area contributed by atoms with Crippen LogP contribution in [0, 0.1) is 6.92 Å². The number of hydrogen-bond donors (Lipinski definition) is 1. The van der Waals surface area contributed by atoms with E-state index < -0.39 is 0 Å². The summed E-state index contributed by atoms with van der Waals surface area (Å²) in [7, 11) is 0. The van der Waals surface area contributed by atoms with Crippen molar-refractivity contribution in [3.63, 3.8) is 0 Å². The molecule has 0 amide bonds. The molecule has 0 aliphatic rings. The zero-order valence-corrected chi connectivity index (χ0v) is 11.7. The lowest BCUT2D eigenvalue weighted by Gasteiger charge is -2.18. The van der Waals surface area contributed by atoms with E-state index in [-0.39, 0.29) is 5.54 Å². The van der Waals surface area contributed by atoms with Gasteiger partial charge in [-0.05, 0) is 40.2 Å². The molecule has 0 unspecified atom stereocenters. The van der Waals surface area contributed by atoms with E-state index in [1.54, 1.807) is 6.08 Å². The second-order valence-corrected chi connectivity index (χ2v) is 4.23. The summed E-state index contributed by atoms with van der Waals surface area (Å²) in [6.45, 7) is 12.8. The maximum atomic E-state index is 8.81. The largest absolute Gasteiger partial charge is 0.322 e. The lowest BCUT2D eigenvalue weighted by Crippen LogP contribution is -2.28. The number of allylic oxidation sites excluding steroid dienone is 1. The monoisotopic (exact) mass is 235 g/mol. The van der Waals surface area contributed by atoms with E-state index in [4.69, 9.17) is 10.5 Å². The Morgan fingerprint density at radius 2 is 1.47 bits per heavy atom. The van der Waals surface area contributed by atoms with E-state index in [0.717, 1.165) is 6.29 Å². The average molecular weight is 235 g/mol. The molecule has 0 heterocycles. The fourth-order valence-corrected chi connectivity index (χ4v) is 0.983. The molecule has 0 aliphatic carbocycles. The van der Waals surface area contributed by atoms with E-state index in [9.17, 15) is 0 Å². The van der Waals surface area contributed by atoms with Crippen molar-refractivity contribution in [3.05, 3.63) is 48.0 Å². The van der Waals surface area contributed by atoms with Gasteiger partial charge in [0.25, 0.3) is 0 Å². The number of aryl methyl sites for hydroxylation is 1. The van der Waals surface area contributed by atoms with Crippen LogP contribution in [0.15, 0.2) is 36.9 Å². The number of carbonyl (C=O) groups is 1. The van der Waals surface area contributed by atoms with Gasteiger partial charge >= 0.3 is 0 Å². The highest BCUT2D eigenvalue weighted by atomic mass is 16.1. The van der Waals surface area contributed by atoms with Gasteiger partial charge in [-0.15, -0.1) is 6.58 Å². The maximum Gasteiger partial charge on any atom is 0.116 e. The summed E-state index contributed by atoms with van der Waals surface area (Å²) in [6.07, 6.45) is 2.50. The van der Waals surface area contributed by atoms with Crippen molar-refractivity contribution in [2.45, 2.75) is 40.2 Å². The molecular formula is C15H25NO. The molecule has 0 saturated heterocycles. The predicted octanol–water partition coefficient (Wildman–Crippen LogP) is 3.59. The van der Waals surface area contributed by atoms with Gasteiger partial charge in [0.2, 0.25) is 0 Å². The van der Waals surface area contributed by atoms with Crippen LogP contribution in [0.2, 0.25) is 0 Å². The third-order valence-corrected chi connectivity index (χ3v) is 1.80. The number of nitrogens with two attached hydrogens (primary N) is 1. The SMILES string of the molecule is C=CC.CC=O.Cc1ccc(C(C)(C)N)cc1. The van der Waals surface area contributed by atoms with Crippen molar-refractivity contribution < 1.29 is 4.79 Å². The number of benzene rings is 1. The van der Waals surface area contributed by atoms with Crippen LogP contribution in [0.4, 0.5) is 0 Å². The third kappa shape index (κ3) is 10.9. The molecule has 2 nitrogen and oxygen atoms in total. The molecule has 2 N–H and O–H groups in total. The van der Waals surface area contributed by atoms with Crippen molar-refractivity contribution in [1.29, 1.82) is 0 Å². The van der Waals surface area contributed by atoms with Gasteiger partial charge in [0.05, 0.1) is 0 Å². The van der Waals surface area contributed by atoms with Crippen LogP contribution in [0.25, 0.3) is 0 Å². The quantitative estimate of drug-likeness (QED) is 0.597. The second kappa shape index (κ2) is 9.79. The Labute approximate surface area is 106 Å². The molecule has 0 spiro atoms. The minimum Gasteiger partial charge on any atom is -0.322 e. The van der Waals surface area contributed by atoms with Crippen molar-refractivity contribution in [2.75, 3.05) is 0 Å². The van der Waals surface area contributed by atoms with Crippen LogP contribution in [0.3, 0.4) is 0 Å². The van der Waals surface area contributed by atoms with Crippen LogP contribution in [0.5, 0.6) is 0 Å². The fraction of sp³-hybridized carbons (Fsp3) is 0.400.